The third-order valence-electron chi connectivity index (χ3n) is 1.01. The zero-order valence-corrected chi connectivity index (χ0v) is 7.43. The third-order valence-corrected chi connectivity index (χ3v) is 1.54. The zero-order valence-electron chi connectivity index (χ0n) is 5.84. The molecular weight excluding hydrogens is 188 g/mol. The Labute approximate surface area is 70.4 Å². The van der Waals surface area contributed by atoms with Crippen molar-refractivity contribution in [3.63, 3.8) is 0 Å². The molecule has 0 saturated carbocycles. The van der Waals surface area contributed by atoms with E-state index in [0.717, 1.165) is 4.47 Å². The number of hydrogen-bond acceptors (Lipinski definition) is 0. The van der Waals surface area contributed by atoms with Crippen molar-refractivity contribution in [2.24, 2.45) is 0 Å². The first-order valence-corrected chi connectivity index (χ1v) is 3.64. The van der Waals surface area contributed by atoms with Crippen LogP contribution >= 0.6 is 15.9 Å². The summed E-state index contributed by atoms with van der Waals surface area (Å²) in [4.78, 5) is 0. The number of terminal acetylenes is 1. The van der Waals surface area contributed by atoms with Gasteiger partial charge in [0.15, 0.2) is 0 Å². The molecular formula is C9H9Br. The van der Waals surface area contributed by atoms with Crippen LogP contribution in [0.2, 0.25) is 0 Å². The summed E-state index contributed by atoms with van der Waals surface area (Å²) in [6.07, 6.45) is 8.00. The van der Waals surface area contributed by atoms with E-state index in [1.54, 1.807) is 0 Å². The van der Waals surface area contributed by atoms with E-state index < -0.39 is 0 Å². The van der Waals surface area contributed by atoms with Crippen molar-refractivity contribution < 1.29 is 0 Å². The lowest BCUT2D eigenvalue weighted by atomic mass is 10.2. The molecule has 1 aromatic carbocycles. The summed E-state index contributed by atoms with van der Waals surface area (Å²) >= 11 is 3.35. The van der Waals surface area contributed by atoms with Crippen molar-refractivity contribution in [2.75, 3.05) is 0 Å². The van der Waals surface area contributed by atoms with E-state index in [2.05, 4.69) is 47.8 Å². The highest BCUT2D eigenvalue weighted by molar-refractivity contribution is 9.10. The quantitative estimate of drug-likeness (QED) is 0.561. The molecule has 0 nitrogen and oxygen atoms in total. The second-order valence-corrected chi connectivity index (χ2v) is 2.71. The van der Waals surface area contributed by atoms with Crippen LogP contribution in [-0.4, -0.2) is 0 Å². The van der Waals surface area contributed by atoms with Crippen LogP contribution < -0.4 is 0 Å². The lowest BCUT2D eigenvalue weighted by Gasteiger charge is -1.88. The Hall–Kier alpha value is -0.740. The van der Waals surface area contributed by atoms with E-state index in [0.29, 0.717) is 0 Å². The topological polar surface area (TPSA) is 0 Å². The Kier molecular flexibility index (Phi) is 4.70. The molecule has 0 heterocycles. The lowest BCUT2D eigenvalue weighted by molar-refractivity contribution is 1.46. The van der Waals surface area contributed by atoms with Gasteiger partial charge in [0.1, 0.15) is 0 Å². The van der Waals surface area contributed by atoms with Gasteiger partial charge in [-0.3, -0.25) is 0 Å². The molecule has 0 aliphatic carbocycles. The van der Waals surface area contributed by atoms with E-state index in [1.807, 2.05) is 12.1 Å². The molecule has 10 heavy (non-hydrogen) atoms. The van der Waals surface area contributed by atoms with Crippen LogP contribution in [-0.2, 0) is 0 Å². The SMILES string of the molecule is C#C.Cc1ccc(Br)cc1. The van der Waals surface area contributed by atoms with Crippen LogP contribution in [0.25, 0.3) is 0 Å². The van der Waals surface area contributed by atoms with Gasteiger partial charge in [0.2, 0.25) is 0 Å². The van der Waals surface area contributed by atoms with Gasteiger partial charge >= 0.3 is 0 Å². The second-order valence-electron chi connectivity index (χ2n) is 1.80. The lowest BCUT2D eigenvalue weighted by Crippen LogP contribution is -1.66. The number of benzene rings is 1. The summed E-state index contributed by atoms with van der Waals surface area (Å²) in [5.74, 6) is 0. The first-order valence-electron chi connectivity index (χ1n) is 2.84. The minimum atomic E-state index is 1.14. The Bertz CT molecular complexity index is 175. The Morgan fingerprint density at radius 2 is 1.50 bits per heavy atom. The van der Waals surface area contributed by atoms with Gasteiger partial charge < -0.3 is 0 Å². The molecule has 0 atom stereocenters. The van der Waals surface area contributed by atoms with Crippen molar-refractivity contribution in [1.29, 1.82) is 0 Å². The largest absolute Gasteiger partial charge is 0.124 e. The fourth-order valence-corrected chi connectivity index (χ4v) is 0.798. The predicted octanol–water partition coefficient (Wildman–Crippen LogP) is 3.01. The monoisotopic (exact) mass is 196 g/mol. The van der Waals surface area contributed by atoms with Gasteiger partial charge in [0.25, 0.3) is 0 Å². The van der Waals surface area contributed by atoms with Crippen LogP contribution in [0.15, 0.2) is 28.7 Å². The van der Waals surface area contributed by atoms with E-state index >= 15 is 0 Å². The van der Waals surface area contributed by atoms with Gasteiger partial charge in [-0.1, -0.05) is 33.6 Å². The zero-order chi connectivity index (χ0) is 7.98. The molecule has 0 saturated heterocycles. The van der Waals surface area contributed by atoms with E-state index in [4.69, 9.17) is 0 Å². The van der Waals surface area contributed by atoms with Gasteiger partial charge in [0, 0.05) is 4.47 Å². The standard InChI is InChI=1S/C7H7Br.C2H2/c1-6-2-4-7(8)5-3-6;1-2/h2-5H,1H3;1-2H. The van der Waals surface area contributed by atoms with Crippen LogP contribution in [0, 0.1) is 19.8 Å². The van der Waals surface area contributed by atoms with Crippen molar-refractivity contribution >= 4 is 15.9 Å². The van der Waals surface area contributed by atoms with Crippen LogP contribution in [0.5, 0.6) is 0 Å². The number of rotatable bonds is 0. The molecule has 0 N–H and O–H groups in total. The maximum atomic E-state index is 4.00. The first kappa shape index (κ1) is 9.26. The molecule has 1 rings (SSSR count). The average molecular weight is 197 g/mol. The molecule has 1 heteroatoms. The molecule has 0 radical (unpaired) electrons. The molecule has 0 aliphatic heterocycles. The molecule has 1 aromatic rings. The van der Waals surface area contributed by atoms with E-state index in [1.165, 1.54) is 5.56 Å². The number of hydrogen-bond donors (Lipinski definition) is 0. The molecule has 0 amide bonds. The Balaban J connectivity index is 0.000000371. The summed E-state index contributed by atoms with van der Waals surface area (Å²) in [5, 5.41) is 0. The average Bonchev–Trinajstić information content (AvgIpc) is 2.00. The van der Waals surface area contributed by atoms with Crippen LogP contribution in [0.4, 0.5) is 0 Å². The number of aryl methyl sites for hydroxylation is 1. The van der Waals surface area contributed by atoms with Gasteiger partial charge in [0.05, 0.1) is 0 Å². The Morgan fingerprint density at radius 1 is 1.10 bits per heavy atom. The minimum absolute atomic E-state index is 1.14. The molecule has 0 aromatic heterocycles. The van der Waals surface area contributed by atoms with Crippen molar-refractivity contribution in [3.8, 4) is 12.8 Å². The number of halogens is 1. The van der Waals surface area contributed by atoms with Crippen molar-refractivity contribution in [1.82, 2.24) is 0 Å². The summed E-state index contributed by atoms with van der Waals surface area (Å²) in [6, 6.07) is 8.22. The molecule has 0 spiro atoms. The summed E-state index contributed by atoms with van der Waals surface area (Å²) in [5.41, 5.74) is 1.30. The molecule has 0 aliphatic rings. The second kappa shape index (κ2) is 5.08. The summed E-state index contributed by atoms with van der Waals surface area (Å²) in [7, 11) is 0. The van der Waals surface area contributed by atoms with Gasteiger partial charge in [-0.25, -0.2) is 0 Å². The first-order chi connectivity index (χ1) is 4.79. The third kappa shape index (κ3) is 3.32. The molecule has 0 bridgehead atoms. The predicted molar refractivity (Wildman–Crippen MR) is 48.8 cm³/mol. The fourth-order valence-electron chi connectivity index (χ4n) is 0.533. The summed E-state index contributed by atoms with van der Waals surface area (Å²) < 4.78 is 1.14. The van der Waals surface area contributed by atoms with Gasteiger partial charge in [-0.15, -0.1) is 12.8 Å². The fraction of sp³-hybridized carbons (Fsp3) is 0.111. The molecule has 0 fully saturated rings. The molecule has 0 unspecified atom stereocenters. The normalized spacial score (nSPS) is 7.60. The minimum Gasteiger partial charge on any atom is -0.124 e. The van der Waals surface area contributed by atoms with Gasteiger partial charge in [-0.2, -0.15) is 0 Å². The van der Waals surface area contributed by atoms with Gasteiger partial charge in [-0.05, 0) is 19.1 Å². The highest BCUT2D eigenvalue weighted by Crippen LogP contribution is 2.08. The highest BCUT2D eigenvalue weighted by atomic mass is 79.9. The maximum absolute atomic E-state index is 4.00. The smallest absolute Gasteiger partial charge is 0.0175 e. The van der Waals surface area contributed by atoms with E-state index in [-0.39, 0.29) is 0 Å². The maximum Gasteiger partial charge on any atom is 0.0175 e. The molecule has 52 valence electrons. The van der Waals surface area contributed by atoms with Crippen LogP contribution in [0.1, 0.15) is 5.56 Å². The Morgan fingerprint density at radius 3 is 1.80 bits per heavy atom. The highest BCUT2D eigenvalue weighted by Gasteiger charge is 1.81. The summed E-state index contributed by atoms with van der Waals surface area (Å²) in [6.45, 7) is 2.08. The van der Waals surface area contributed by atoms with Crippen molar-refractivity contribution in [2.45, 2.75) is 6.92 Å². The van der Waals surface area contributed by atoms with Crippen molar-refractivity contribution in [3.05, 3.63) is 34.3 Å². The van der Waals surface area contributed by atoms with E-state index in [9.17, 15) is 0 Å². The van der Waals surface area contributed by atoms with Crippen LogP contribution in [0.3, 0.4) is 0 Å².